The Labute approximate surface area is 195 Å². The van der Waals surface area contributed by atoms with Crippen molar-refractivity contribution in [2.75, 3.05) is 34.0 Å². The van der Waals surface area contributed by atoms with Crippen LogP contribution >= 0.6 is 0 Å². The Bertz CT molecular complexity index is 1050. The van der Waals surface area contributed by atoms with Gasteiger partial charge in [-0.1, -0.05) is 30.3 Å². The molecule has 1 heterocycles. The summed E-state index contributed by atoms with van der Waals surface area (Å²) < 4.78 is 23.0. The van der Waals surface area contributed by atoms with Crippen molar-refractivity contribution in [1.29, 1.82) is 0 Å². The van der Waals surface area contributed by atoms with Crippen LogP contribution in [0, 0.1) is 0 Å². The maximum Gasteiger partial charge on any atom is 0.127 e. The van der Waals surface area contributed by atoms with Gasteiger partial charge in [-0.3, -0.25) is 4.90 Å². The first-order chi connectivity index (χ1) is 16.0. The van der Waals surface area contributed by atoms with Crippen molar-refractivity contribution in [3.63, 3.8) is 0 Å². The molecule has 6 heteroatoms. The highest BCUT2D eigenvalue weighted by Crippen LogP contribution is 2.33. The molecule has 0 aromatic heterocycles. The average molecular weight is 450 g/mol. The molecule has 0 radical (unpaired) electrons. The normalized spacial score (nSPS) is 15.5. The summed E-state index contributed by atoms with van der Waals surface area (Å²) in [6.45, 7) is 4.61. The van der Waals surface area contributed by atoms with E-state index in [-0.39, 0.29) is 6.61 Å². The maximum absolute atomic E-state index is 11.1. The second-order valence-corrected chi connectivity index (χ2v) is 8.40. The van der Waals surface area contributed by atoms with Crippen LogP contribution in [0.4, 0.5) is 0 Å². The molecule has 3 aromatic rings. The predicted molar refractivity (Wildman–Crippen MR) is 127 cm³/mol. The van der Waals surface area contributed by atoms with Gasteiger partial charge >= 0.3 is 0 Å². The van der Waals surface area contributed by atoms with Crippen molar-refractivity contribution >= 4 is 0 Å². The van der Waals surface area contributed by atoms with E-state index in [0.29, 0.717) is 19.7 Å². The molecule has 0 unspecified atom stereocenters. The lowest BCUT2D eigenvalue weighted by Crippen LogP contribution is -2.30. The highest BCUT2D eigenvalue weighted by atomic mass is 16.5. The Hall–Kier alpha value is -3.22. The quantitative estimate of drug-likeness (QED) is 0.551. The minimum Gasteiger partial charge on any atom is -0.496 e. The molecule has 0 amide bonds. The summed E-state index contributed by atoms with van der Waals surface area (Å²) in [6.07, 6.45) is 0. The van der Waals surface area contributed by atoms with Crippen LogP contribution in [-0.2, 0) is 18.7 Å². The molecule has 1 N–H and O–H groups in total. The first kappa shape index (κ1) is 23.0. The molecule has 0 fully saturated rings. The van der Waals surface area contributed by atoms with Gasteiger partial charge < -0.3 is 24.1 Å². The van der Waals surface area contributed by atoms with E-state index in [1.807, 2.05) is 66.7 Å². The van der Waals surface area contributed by atoms with Crippen molar-refractivity contribution in [3.05, 3.63) is 83.4 Å². The van der Waals surface area contributed by atoms with E-state index < -0.39 is 5.60 Å². The summed E-state index contributed by atoms with van der Waals surface area (Å²) in [5, 5.41) is 11.1. The van der Waals surface area contributed by atoms with Gasteiger partial charge in [0.2, 0.25) is 0 Å². The first-order valence-electron chi connectivity index (χ1n) is 11.1. The molecule has 33 heavy (non-hydrogen) atoms. The number of hydrogen-bond acceptors (Lipinski definition) is 6. The van der Waals surface area contributed by atoms with Gasteiger partial charge in [-0.05, 0) is 48.9 Å². The molecule has 174 valence electrons. The molecule has 0 bridgehead atoms. The highest BCUT2D eigenvalue weighted by molar-refractivity contribution is 5.45. The van der Waals surface area contributed by atoms with Crippen molar-refractivity contribution in [3.8, 4) is 23.0 Å². The van der Waals surface area contributed by atoms with Crippen molar-refractivity contribution < 1.29 is 24.1 Å². The van der Waals surface area contributed by atoms with Crippen LogP contribution in [0.25, 0.3) is 0 Å². The third-order valence-corrected chi connectivity index (χ3v) is 5.92. The third-order valence-electron chi connectivity index (χ3n) is 5.92. The van der Waals surface area contributed by atoms with E-state index in [1.54, 1.807) is 21.1 Å². The predicted octanol–water partition coefficient (Wildman–Crippen LogP) is 4.38. The standard InChI is InChI=1S/C27H31NO5/c1-27(29,19-33-22-8-5-4-6-9-22)21-12-13-24-20(16-21)17-28(14-15-32-24)18-23-25(30-2)10-7-11-26(23)31-3/h4-13,16,29H,14-15,17-19H2,1-3H3/t27-/m1/s1. The fourth-order valence-corrected chi connectivity index (χ4v) is 4.05. The summed E-state index contributed by atoms with van der Waals surface area (Å²) in [6, 6.07) is 21.2. The fourth-order valence-electron chi connectivity index (χ4n) is 4.05. The van der Waals surface area contributed by atoms with Crippen LogP contribution in [0.15, 0.2) is 66.7 Å². The Morgan fingerprint density at radius 3 is 2.39 bits per heavy atom. The Kier molecular flexibility index (Phi) is 7.06. The van der Waals surface area contributed by atoms with Crippen molar-refractivity contribution in [1.82, 2.24) is 4.90 Å². The fraction of sp³-hybridized carbons (Fsp3) is 0.333. The number of para-hydroxylation sites is 1. The molecule has 6 nitrogen and oxygen atoms in total. The van der Waals surface area contributed by atoms with E-state index in [4.69, 9.17) is 18.9 Å². The van der Waals surface area contributed by atoms with Gasteiger partial charge in [0.15, 0.2) is 0 Å². The molecular formula is C27H31NO5. The van der Waals surface area contributed by atoms with E-state index in [0.717, 1.165) is 46.2 Å². The summed E-state index contributed by atoms with van der Waals surface area (Å²) >= 11 is 0. The number of fused-ring (bicyclic) bond motifs is 1. The lowest BCUT2D eigenvalue weighted by atomic mass is 9.94. The zero-order chi connectivity index (χ0) is 23.3. The van der Waals surface area contributed by atoms with Crippen LogP contribution < -0.4 is 18.9 Å². The molecule has 0 saturated carbocycles. The van der Waals surface area contributed by atoms with E-state index >= 15 is 0 Å². The van der Waals surface area contributed by atoms with E-state index in [2.05, 4.69) is 4.90 Å². The summed E-state index contributed by atoms with van der Waals surface area (Å²) in [7, 11) is 3.34. The minimum absolute atomic E-state index is 0.152. The van der Waals surface area contributed by atoms with Crippen molar-refractivity contribution in [2.45, 2.75) is 25.6 Å². The number of methoxy groups -OCH3 is 2. The Balaban J connectivity index is 1.53. The van der Waals surface area contributed by atoms with Gasteiger partial charge in [0.25, 0.3) is 0 Å². The highest BCUT2D eigenvalue weighted by Gasteiger charge is 2.27. The lowest BCUT2D eigenvalue weighted by molar-refractivity contribution is 0.00748. The molecule has 1 aliphatic heterocycles. The van der Waals surface area contributed by atoms with Crippen LogP contribution in [0.5, 0.6) is 23.0 Å². The van der Waals surface area contributed by atoms with E-state index in [9.17, 15) is 5.11 Å². The monoisotopic (exact) mass is 449 g/mol. The number of hydrogen-bond donors (Lipinski definition) is 1. The molecule has 0 spiro atoms. The smallest absolute Gasteiger partial charge is 0.127 e. The third kappa shape index (κ3) is 5.41. The van der Waals surface area contributed by atoms with Crippen LogP contribution in [0.1, 0.15) is 23.6 Å². The van der Waals surface area contributed by atoms with Crippen molar-refractivity contribution in [2.24, 2.45) is 0 Å². The molecule has 0 saturated heterocycles. The number of aliphatic hydroxyl groups is 1. The zero-order valence-corrected chi connectivity index (χ0v) is 19.4. The number of ether oxygens (including phenoxy) is 4. The molecule has 1 aliphatic rings. The van der Waals surface area contributed by atoms with E-state index in [1.165, 1.54) is 0 Å². The van der Waals surface area contributed by atoms with Crippen LogP contribution in [0.3, 0.4) is 0 Å². The first-order valence-corrected chi connectivity index (χ1v) is 11.1. The number of rotatable bonds is 8. The van der Waals surface area contributed by atoms with Gasteiger partial charge in [0, 0.05) is 25.2 Å². The zero-order valence-electron chi connectivity index (χ0n) is 19.4. The topological polar surface area (TPSA) is 60.4 Å². The largest absolute Gasteiger partial charge is 0.496 e. The molecule has 0 aliphatic carbocycles. The van der Waals surface area contributed by atoms with Crippen LogP contribution in [0.2, 0.25) is 0 Å². The SMILES string of the molecule is COc1cccc(OC)c1CN1CCOc2ccc([C@](C)(O)COc3ccccc3)cc2C1. The second kappa shape index (κ2) is 10.1. The minimum atomic E-state index is -1.14. The summed E-state index contributed by atoms with van der Waals surface area (Å²) in [5.41, 5.74) is 1.68. The Morgan fingerprint density at radius 2 is 1.70 bits per heavy atom. The lowest BCUT2D eigenvalue weighted by Gasteiger charge is -2.26. The van der Waals surface area contributed by atoms with Gasteiger partial charge in [0.1, 0.15) is 41.8 Å². The molecular weight excluding hydrogens is 418 g/mol. The summed E-state index contributed by atoms with van der Waals surface area (Å²) in [4.78, 5) is 2.30. The van der Waals surface area contributed by atoms with Gasteiger partial charge in [-0.2, -0.15) is 0 Å². The molecule has 3 aromatic carbocycles. The number of benzene rings is 3. The molecule has 1 atom stereocenters. The molecule has 4 rings (SSSR count). The van der Waals surface area contributed by atoms with Gasteiger partial charge in [0.05, 0.1) is 19.8 Å². The average Bonchev–Trinajstić information content (AvgIpc) is 3.04. The Morgan fingerprint density at radius 1 is 0.970 bits per heavy atom. The summed E-state index contributed by atoms with van der Waals surface area (Å²) in [5.74, 6) is 3.17. The van der Waals surface area contributed by atoms with Gasteiger partial charge in [-0.25, -0.2) is 0 Å². The number of nitrogens with zero attached hydrogens (tertiary/aromatic N) is 1. The van der Waals surface area contributed by atoms with Gasteiger partial charge in [-0.15, -0.1) is 0 Å². The maximum atomic E-state index is 11.1. The second-order valence-electron chi connectivity index (χ2n) is 8.40. The van der Waals surface area contributed by atoms with Crippen LogP contribution in [-0.4, -0.2) is 44.0 Å².